The molecule has 0 N–H and O–H groups in total. The van der Waals surface area contributed by atoms with Crippen molar-refractivity contribution in [3.63, 3.8) is 0 Å². The first-order valence-electron chi connectivity index (χ1n) is 11.3. The molecule has 0 spiro atoms. The molecule has 2 rings (SSSR count). The Labute approximate surface area is 156 Å². The first kappa shape index (κ1) is 21.0. The number of unbranched alkanes of at least 4 members (excludes halogenated alkanes) is 9. The van der Waals surface area contributed by atoms with Crippen LogP contribution in [0.2, 0.25) is 0 Å². The van der Waals surface area contributed by atoms with Crippen LogP contribution in [-0.4, -0.2) is 19.5 Å². The zero-order valence-corrected chi connectivity index (χ0v) is 16.8. The highest BCUT2D eigenvalue weighted by Gasteiger charge is 2.19. The van der Waals surface area contributed by atoms with E-state index in [9.17, 15) is 0 Å². The van der Waals surface area contributed by atoms with E-state index in [2.05, 4.69) is 6.92 Å². The molecule has 1 aliphatic carbocycles. The average molecular weight is 351 g/mol. The zero-order valence-electron chi connectivity index (χ0n) is 16.8. The van der Waals surface area contributed by atoms with Crippen LogP contribution in [0.1, 0.15) is 116 Å². The molecule has 1 heterocycles. The van der Waals surface area contributed by atoms with Gasteiger partial charge in [0.05, 0.1) is 0 Å². The van der Waals surface area contributed by atoms with Crippen molar-refractivity contribution in [2.75, 3.05) is 13.2 Å². The number of allylic oxidation sites excluding steroid dienone is 2. The van der Waals surface area contributed by atoms with E-state index in [1.54, 1.807) is 0 Å². The third kappa shape index (κ3) is 10.4. The van der Waals surface area contributed by atoms with Gasteiger partial charge in [-0.15, -0.1) is 0 Å². The Morgan fingerprint density at radius 2 is 1.44 bits per heavy atom. The van der Waals surface area contributed by atoms with Crippen LogP contribution >= 0.6 is 0 Å². The number of hydrogen-bond acceptors (Lipinski definition) is 2. The minimum absolute atomic E-state index is 0.0985. The fourth-order valence-electron chi connectivity index (χ4n) is 3.89. The molecule has 0 radical (unpaired) electrons. The van der Waals surface area contributed by atoms with E-state index in [1.165, 1.54) is 103 Å². The quantitative estimate of drug-likeness (QED) is 0.214. The first-order valence-corrected chi connectivity index (χ1v) is 11.3. The summed E-state index contributed by atoms with van der Waals surface area (Å²) in [6.07, 6.45) is 23.1. The van der Waals surface area contributed by atoms with Gasteiger partial charge in [0.25, 0.3) is 0 Å². The van der Waals surface area contributed by atoms with Gasteiger partial charge in [-0.05, 0) is 57.8 Å². The van der Waals surface area contributed by atoms with Crippen LogP contribution in [0.3, 0.4) is 0 Å². The summed E-state index contributed by atoms with van der Waals surface area (Å²) >= 11 is 0. The van der Waals surface area contributed by atoms with Crippen molar-refractivity contribution in [3.05, 3.63) is 11.1 Å². The lowest BCUT2D eigenvalue weighted by molar-refractivity contribution is -0.162. The van der Waals surface area contributed by atoms with Crippen molar-refractivity contribution < 1.29 is 9.47 Å². The van der Waals surface area contributed by atoms with Crippen LogP contribution in [0.5, 0.6) is 0 Å². The molecular formula is C23H42O2. The smallest absolute Gasteiger partial charge is 0.157 e. The molecular weight excluding hydrogens is 308 g/mol. The van der Waals surface area contributed by atoms with Crippen molar-refractivity contribution in [2.45, 2.75) is 122 Å². The highest BCUT2D eigenvalue weighted by atomic mass is 16.7. The molecule has 0 aromatic carbocycles. The zero-order chi connectivity index (χ0) is 17.6. The minimum atomic E-state index is 0.0985. The number of hydrogen-bond donors (Lipinski definition) is 0. The normalized spacial score (nSPS) is 20.3. The van der Waals surface area contributed by atoms with Gasteiger partial charge in [0.1, 0.15) is 0 Å². The van der Waals surface area contributed by atoms with Gasteiger partial charge < -0.3 is 9.47 Å². The maximum atomic E-state index is 5.79. The molecule has 0 aromatic heterocycles. The molecule has 0 bridgehead atoms. The maximum absolute atomic E-state index is 5.79. The van der Waals surface area contributed by atoms with Crippen molar-refractivity contribution in [2.24, 2.45) is 0 Å². The summed E-state index contributed by atoms with van der Waals surface area (Å²) in [6.45, 7) is 4.07. The topological polar surface area (TPSA) is 18.5 Å². The lowest BCUT2D eigenvalue weighted by Crippen LogP contribution is -2.22. The second-order valence-corrected chi connectivity index (χ2v) is 8.09. The lowest BCUT2D eigenvalue weighted by atomic mass is 10.1. The van der Waals surface area contributed by atoms with E-state index in [-0.39, 0.29) is 6.29 Å². The predicted molar refractivity (Wildman–Crippen MR) is 107 cm³/mol. The molecule has 2 aliphatic rings. The molecule has 25 heavy (non-hydrogen) atoms. The summed E-state index contributed by atoms with van der Waals surface area (Å²) in [5.41, 5.74) is 3.63. The van der Waals surface area contributed by atoms with E-state index in [1.807, 2.05) is 11.1 Å². The van der Waals surface area contributed by atoms with Gasteiger partial charge in [-0.3, -0.25) is 0 Å². The third-order valence-corrected chi connectivity index (χ3v) is 5.70. The molecule has 0 saturated carbocycles. The predicted octanol–water partition coefficient (Wildman–Crippen LogP) is 7.32. The summed E-state index contributed by atoms with van der Waals surface area (Å²) < 4.78 is 11.4. The van der Waals surface area contributed by atoms with E-state index in [0.717, 1.165) is 19.6 Å². The van der Waals surface area contributed by atoms with E-state index < -0.39 is 0 Å². The van der Waals surface area contributed by atoms with Gasteiger partial charge in [0.15, 0.2) is 6.29 Å². The van der Waals surface area contributed by atoms with E-state index in [0.29, 0.717) is 0 Å². The molecule has 1 fully saturated rings. The van der Waals surface area contributed by atoms with Gasteiger partial charge >= 0.3 is 0 Å². The number of rotatable bonds is 16. The van der Waals surface area contributed by atoms with Gasteiger partial charge in [-0.2, -0.15) is 0 Å². The average Bonchev–Trinajstić information content (AvgIpc) is 3.39. The maximum Gasteiger partial charge on any atom is 0.157 e. The van der Waals surface area contributed by atoms with Crippen molar-refractivity contribution >= 4 is 0 Å². The highest BCUT2D eigenvalue weighted by Crippen LogP contribution is 2.38. The van der Waals surface area contributed by atoms with Gasteiger partial charge in [0, 0.05) is 13.2 Å². The summed E-state index contributed by atoms with van der Waals surface area (Å²) in [5, 5.41) is 0. The Balaban J connectivity index is 1.30. The van der Waals surface area contributed by atoms with Crippen molar-refractivity contribution in [1.82, 2.24) is 0 Å². The fraction of sp³-hybridized carbons (Fsp3) is 0.913. The van der Waals surface area contributed by atoms with Crippen molar-refractivity contribution in [1.29, 1.82) is 0 Å². The summed E-state index contributed by atoms with van der Waals surface area (Å²) in [6, 6.07) is 0. The molecule has 2 heteroatoms. The van der Waals surface area contributed by atoms with Crippen LogP contribution in [0.15, 0.2) is 11.1 Å². The highest BCUT2D eigenvalue weighted by molar-refractivity contribution is 5.34. The van der Waals surface area contributed by atoms with Gasteiger partial charge in [0.2, 0.25) is 0 Å². The SMILES string of the molecule is CCCCCCCC1=C(CCCCCCCCOC2CCCCO2)C1. The minimum Gasteiger partial charge on any atom is -0.353 e. The molecule has 1 saturated heterocycles. The molecule has 1 atom stereocenters. The lowest BCUT2D eigenvalue weighted by Gasteiger charge is -2.22. The summed E-state index contributed by atoms with van der Waals surface area (Å²) in [5.74, 6) is 0. The molecule has 1 unspecified atom stereocenters. The molecule has 2 nitrogen and oxygen atoms in total. The Hall–Kier alpha value is -0.340. The standard InChI is InChI=1S/C23H42O2/c1-2-3-4-7-10-15-21-20-22(21)16-11-8-5-6-9-13-18-24-23-17-12-14-19-25-23/h23H,2-20H2,1H3. The second-order valence-electron chi connectivity index (χ2n) is 8.09. The van der Waals surface area contributed by atoms with Gasteiger partial charge in [-0.25, -0.2) is 0 Å². The second kappa shape index (κ2) is 13.8. The Morgan fingerprint density at radius 3 is 2.08 bits per heavy atom. The Bertz CT molecular complexity index is 355. The Kier molecular flexibility index (Phi) is 11.6. The van der Waals surface area contributed by atoms with E-state index in [4.69, 9.17) is 9.47 Å². The molecule has 146 valence electrons. The number of ether oxygens (including phenoxy) is 2. The van der Waals surface area contributed by atoms with Crippen LogP contribution < -0.4 is 0 Å². The van der Waals surface area contributed by atoms with Gasteiger partial charge in [-0.1, -0.05) is 69.4 Å². The first-order chi connectivity index (χ1) is 12.4. The summed E-state index contributed by atoms with van der Waals surface area (Å²) in [7, 11) is 0. The molecule has 0 amide bonds. The van der Waals surface area contributed by atoms with Crippen LogP contribution in [0, 0.1) is 0 Å². The molecule has 0 aromatic rings. The molecule has 1 aliphatic heterocycles. The fourth-order valence-corrected chi connectivity index (χ4v) is 3.89. The monoisotopic (exact) mass is 350 g/mol. The third-order valence-electron chi connectivity index (χ3n) is 5.70. The summed E-state index contributed by atoms with van der Waals surface area (Å²) in [4.78, 5) is 0. The largest absolute Gasteiger partial charge is 0.353 e. The Morgan fingerprint density at radius 1 is 0.800 bits per heavy atom. The van der Waals surface area contributed by atoms with Crippen LogP contribution in [0.25, 0.3) is 0 Å². The van der Waals surface area contributed by atoms with E-state index >= 15 is 0 Å². The van der Waals surface area contributed by atoms with Crippen LogP contribution in [0.4, 0.5) is 0 Å². The van der Waals surface area contributed by atoms with Crippen molar-refractivity contribution in [3.8, 4) is 0 Å². The van der Waals surface area contributed by atoms with Crippen LogP contribution in [-0.2, 0) is 9.47 Å².